The summed E-state index contributed by atoms with van der Waals surface area (Å²) in [6.45, 7) is 2.28. The standard InChI is InChI=1S/C14H16N2O3/c1-10-6-12(16(2)15-10)9-19-14-7-13(18-3)5-4-11(14)8-17/h4-8H,9H2,1-3H3. The Kier molecular flexibility index (Phi) is 3.85. The molecule has 0 N–H and O–H groups in total. The van der Waals surface area contributed by atoms with Gasteiger partial charge in [-0.25, -0.2) is 0 Å². The molecule has 0 bridgehead atoms. The van der Waals surface area contributed by atoms with Gasteiger partial charge in [-0.15, -0.1) is 0 Å². The second-order valence-corrected chi connectivity index (χ2v) is 4.21. The summed E-state index contributed by atoms with van der Waals surface area (Å²) in [5.41, 5.74) is 2.37. The molecule has 2 aromatic rings. The van der Waals surface area contributed by atoms with E-state index < -0.39 is 0 Å². The summed E-state index contributed by atoms with van der Waals surface area (Å²) in [6, 6.07) is 7.05. The summed E-state index contributed by atoms with van der Waals surface area (Å²) in [4.78, 5) is 11.0. The van der Waals surface area contributed by atoms with Gasteiger partial charge in [0.25, 0.3) is 0 Å². The van der Waals surface area contributed by atoms with Gasteiger partial charge < -0.3 is 9.47 Å². The lowest BCUT2D eigenvalue weighted by molar-refractivity contribution is 0.111. The predicted molar refractivity (Wildman–Crippen MR) is 70.7 cm³/mol. The van der Waals surface area contributed by atoms with Crippen molar-refractivity contribution in [2.75, 3.05) is 7.11 Å². The molecule has 0 atom stereocenters. The Labute approximate surface area is 111 Å². The molecule has 0 aliphatic heterocycles. The normalized spacial score (nSPS) is 10.3. The lowest BCUT2D eigenvalue weighted by Crippen LogP contribution is -2.04. The van der Waals surface area contributed by atoms with Gasteiger partial charge >= 0.3 is 0 Å². The van der Waals surface area contributed by atoms with Gasteiger partial charge in [-0.3, -0.25) is 9.48 Å². The Morgan fingerprint density at radius 1 is 1.37 bits per heavy atom. The zero-order valence-electron chi connectivity index (χ0n) is 11.2. The highest BCUT2D eigenvalue weighted by Crippen LogP contribution is 2.24. The molecule has 0 saturated carbocycles. The number of hydrogen-bond donors (Lipinski definition) is 0. The van der Waals surface area contributed by atoms with Gasteiger partial charge in [0.2, 0.25) is 0 Å². The number of carbonyl (C=O) groups is 1. The molecule has 0 saturated heterocycles. The maximum Gasteiger partial charge on any atom is 0.153 e. The first-order chi connectivity index (χ1) is 9.13. The Morgan fingerprint density at radius 2 is 2.16 bits per heavy atom. The summed E-state index contributed by atoms with van der Waals surface area (Å²) >= 11 is 0. The van der Waals surface area contributed by atoms with Crippen molar-refractivity contribution in [1.29, 1.82) is 0 Å². The van der Waals surface area contributed by atoms with E-state index in [1.54, 1.807) is 30.0 Å². The van der Waals surface area contributed by atoms with E-state index in [0.717, 1.165) is 17.7 Å². The van der Waals surface area contributed by atoms with Gasteiger partial charge in [-0.05, 0) is 25.1 Å². The number of carbonyl (C=O) groups excluding carboxylic acids is 1. The van der Waals surface area contributed by atoms with Gasteiger partial charge in [0.05, 0.1) is 24.1 Å². The van der Waals surface area contributed by atoms with Crippen LogP contribution < -0.4 is 9.47 Å². The van der Waals surface area contributed by atoms with Crippen LogP contribution in [-0.4, -0.2) is 23.2 Å². The first-order valence-electron chi connectivity index (χ1n) is 5.89. The number of aryl methyl sites for hydroxylation is 2. The molecule has 0 amide bonds. The number of hydrogen-bond acceptors (Lipinski definition) is 4. The van der Waals surface area contributed by atoms with Gasteiger partial charge in [-0.1, -0.05) is 0 Å². The van der Waals surface area contributed by atoms with E-state index in [1.165, 1.54) is 0 Å². The molecule has 0 radical (unpaired) electrons. The van der Waals surface area contributed by atoms with E-state index in [2.05, 4.69) is 5.10 Å². The minimum absolute atomic E-state index is 0.353. The Balaban J connectivity index is 2.18. The summed E-state index contributed by atoms with van der Waals surface area (Å²) in [6.07, 6.45) is 0.767. The second-order valence-electron chi connectivity index (χ2n) is 4.21. The van der Waals surface area contributed by atoms with Crippen molar-refractivity contribution in [3.05, 3.63) is 41.2 Å². The van der Waals surface area contributed by atoms with E-state index in [1.807, 2.05) is 20.0 Å². The topological polar surface area (TPSA) is 53.4 Å². The SMILES string of the molecule is COc1ccc(C=O)c(OCc2cc(C)nn2C)c1. The average Bonchev–Trinajstić information content (AvgIpc) is 2.74. The lowest BCUT2D eigenvalue weighted by Gasteiger charge is -2.10. The highest BCUT2D eigenvalue weighted by Gasteiger charge is 2.08. The van der Waals surface area contributed by atoms with Crippen LogP contribution in [0.4, 0.5) is 0 Å². The van der Waals surface area contributed by atoms with Gasteiger partial charge in [0.15, 0.2) is 6.29 Å². The second kappa shape index (κ2) is 5.56. The van der Waals surface area contributed by atoms with Crippen molar-refractivity contribution in [3.8, 4) is 11.5 Å². The molecule has 19 heavy (non-hydrogen) atoms. The molecular formula is C14H16N2O3. The van der Waals surface area contributed by atoms with Gasteiger partial charge in [-0.2, -0.15) is 5.10 Å². The molecule has 0 spiro atoms. The highest BCUT2D eigenvalue weighted by atomic mass is 16.5. The van der Waals surface area contributed by atoms with Crippen molar-refractivity contribution in [2.45, 2.75) is 13.5 Å². The molecule has 5 nitrogen and oxygen atoms in total. The first kappa shape index (κ1) is 13.1. The maximum atomic E-state index is 11.0. The van der Waals surface area contributed by atoms with Crippen molar-refractivity contribution in [2.24, 2.45) is 7.05 Å². The van der Waals surface area contributed by atoms with Crippen LogP contribution in [0, 0.1) is 6.92 Å². The van der Waals surface area contributed by atoms with Crippen LogP contribution in [0.25, 0.3) is 0 Å². The van der Waals surface area contributed by atoms with Crippen LogP contribution >= 0.6 is 0 Å². The summed E-state index contributed by atoms with van der Waals surface area (Å²) in [5.74, 6) is 1.16. The average molecular weight is 260 g/mol. The number of ether oxygens (including phenoxy) is 2. The minimum atomic E-state index is 0.353. The molecule has 2 rings (SSSR count). The lowest BCUT2D eigenvalue weighted by atomic mass is 10.2. The summed E-state index contributed by atoms with van der Waals surface area (Å²) in [5, 5.41) is 4.24. The zero-order chi connectivity index (χ0) is 13.8. The van der Waals surface area contributed by atoms with E-state index in [4.69, 9.17) is 9.47 Å². The quantitative estimate of drug-likeness (QED) is 0.773. The third-order valence-corrected chi connectivity index (χ3v) is 2.82. The molecule has 0 aliphatic rings. The van der Waals surface area contributed by atoms with Crippen LogP contribution in [0.1, 0.15) is 21.7 Å². The fourth-order valence-corrected chi connectivity index (χ4v) is 1.82. The van der Waals surface area contributed by atoms with Crippen molar-refractivity contribution in [3.63, 3.8) is 0 Å². The third kappa shape index (κ3) is 2.93. The molecule has 0 fully saturated rings. The van der Waals surface area contributed by atoms with Crippen LogP contribution in [-0.2, 0) is 13.7 Å². The Bertz CT molecular complexity index is 590. The van der Waals surface area contributed by atoms with E-state index >= 15 is 0 Å². The van der Waals surface area contributed by atoms with E-state index in [0.29, 0.717) is 23.7 Å². The van der Waals surface area contributed by atoms with Crippen LogP contribution in [0.15, 0.2) is 24.3 Å². The first-order valence-corrected chi connectivity index (χ1v) is 5.89. The number of aromatic nitrogens is 2. The van der Waals surface area contributed by atoms with E-state index in [-0.39, 0.29) is 0 Å². The Morgan fingerprint density at radius 3 is 2.74 bits per heavy atom. The largest absolute Gasteiger partial charge is 0.497 e. The molecule has 1 heterocycles. The molecule has 1 aromatic carbocycles. The van der Waals surface area contributed by atoms with Gasteiger partial charge in [0.1, 0.15) is 18.1 Å². The van der Waals surface area contributed by atoms with Crippen LogP contribution in [0.2, 0.25) is 0 Å². The molecule has 0 unspecified atom stereocenters. The predicted octanol–water partition coefficient (Wildman–Crippen LogP) is 2.13. The molecule has 100 valence electrons. The van der Waals surface area contributed by atoms with E-state index in [9.17, 15) is 4.79 Å². The highest BCUT2D eigenvalue weighted by molar-refractivity contribution is 5.79. The third-order valence-electron chi connectivity index (χ3n) is 2.82. The summed E-state index contributed by atoms with van der Waals surface area (Å²) in [7, 11) is 3.43. The number of aldehydes is 1. The van der Waals surface area contributed by atoms with Crippen LogP contribution in [0.5, 0.6) is 11.5 Å². The van der Waals surface area contributed by atoms with Crippen molar-refractivity contribution >= 4 is 6.29 Å². The fraction of sp³-hybridized carbons (Fsp3) is 0.286. The van der Waals surface area contributed by atoms with Gasteiger partial charge in [0, 0.05) is 13.1 Å². The molecule has 0 aliphatic carbocycles. The van der Waals surface area contributed by atoms with Crippen molar-refractivity contribution < 1.29 is 14.3 Å². The van der Waals surface area contributed by atoms with Crippen molar-refractivity contribution in [1.82, 2.24) is 9.78 Å². The monoisotopic (exact) mass is 260 g/mol. The molecule has 5 heteroatoms. The fourth-order valence-electron chi connectivity index (χ4n) is 1.82. The number of rotatable bonds is 5. The zero-order valence-corrected chi connectivity index (χ0v) is 11.2. The molecular weight excluding hydrogens is 244 g/mol. The molecule has 1 aromatic heterocycles. The minimum Gasteiger partial charge on any atom is -0.497 e. The number of benzene rings is 1. The number of methoxy groups -OCH3 is 1. The summed E-state index contributed by atoms with van der Waals surface area (Å²) < 4.78 is 12.6. The Hall–Kier alpha value is -2.30. The maximum absolute atomic E-state index is 11.0. The van der Waals surface area contributed by atoms with Crippen LogP contribution in [0.3, 0.4) is 0 Å². The smallest absolute Gasteiger partial charge is 0.153 e. The number of nitrogens with zero attached hydrogens (tertiary/aromatic N) is 2.